The van der Waals surface area contributed by atoms with E-state index in [9.17, 15) is 20.0 Å². The average molecular weight is 661 g/mol. The molecule has 10 heteroatoms. The van der Waals surface area contributed by atoms with Crippen molar-refractivity contribution in [1.29, 1.82) is 0 Å². The van der Waals surface area contributed by atoms with Crippen molar-refractivity contribution in [2.75, 3.05) is 45.8 Å². The predicted molar refractivity (Wildman–Crippen MR) is 198 cm³/mol. The molecule has 0 aliphatic heterocycles. The Labute approximate surface area is 287 Å². The van der Waals surface area contributed by atoms with Gasteiger partial charge in [0.2, 0.25) is 0 Å². The van der Waals surface area contributed by atoms with Gasteiger partial charge in [-0.15, -0.1) is 16.4 Å². The lowest BCUT2D eigenvalue weighted by Crippen LogP contribution is -2.40. The van der Waals surface area contributed by atoms with Gasteiger partial charge in [-0.25, -0.2) is 0 Å². The van der Waals surface area contributed by atoms with Gasteiger partial charge in [0.05, 0.1) is 0 Å². The lowest BCUT2D eigenvalue weighted by Gasteiger charge is -2.31. The minimum Gasteiger partial charge on any atom is -0.508 e. The summed E-state index contributed by atoms with van der Waals surface area (Å²) in [6.07, 6.45) is 3.04. The molecule has 0 radical (unpaired) electrons. The Morgan fingerprint density at radius 1 is 0.667 bits per heavy atom. The van der Waals surface area contributed by atoms with Crippen LogP contribution in [0, 0.1) is 23.7 Å². The Bertz CT molecular complexity index is 1430. The fourth-order valence-corrected chi connectivity index (χ4v) is 5.67. The molecule has 0 aromatic heterocycles. The summed E-state index contributed by atoms with van der Waals surface area (Å²) in [6, 6.07) is 16.0. The van der Waals surface area contributed by atoms with Crippen LogP contribution in [0.2, 0.25) is 0 Å². The van der Waals surface area contributed by atoms with Crippen LogP contribution in [0.15, 0.2) is 77.1 Å². The van der Waals surface area contributed by atoms with E-state index in [-0.39, 0.29) is 11.4 Å². The molecular formula is C38H56N6O4. The summed E-state index contributed by atoms with van der Waals surface area (Å²) in [4.78, 5) is 30.0. The maximum atomic E-state index is 11.7. The highest BCUT2D eigenvalue weighted by molar-refractivity contribution is 5.53. The average Bonchev–Trinajstić information content (AvgIpc) is 3.07. The number of benzene rings is 3. The van der Waals surface area contributed by atoms with Crippen molar-refractivity contribution < 1.29 is 10.2 Å². The lowest BCUT2D eigenvalue weighted by atomic mass is 10.1. The number of unbranched alkanes of at least 4 members (excludes halogenated alkanes) is 1. The van der Waals surface area contributed by atoms with Crippen molar-refractivity contribution in [1.82, 2.24) is 14.7 Å². The zero-order chi connectivity index (χ0) is 35.5. The number of nitroso groups, excluding NO2 is 2. The Hall–Kier alpha value is -3.96. The topological polar surface area (TPSA) is 135 Å². The number of hydrogen-bond donors (Lipinski definition) is 3. The fraction of sp³-hybridized carbons (Fsp3) is 0.474. The number of phenolic OH excluding ortho intramolecular Hbond substituents is 2. The van der Waals surface area contributed by atoms with Gasteiger partial charge in [-0.1, -0.05) is 49.8 Å². The highest BCUT2D eigenvalue weighted by Crippen LogP contribution is 2.29. The summed E-state index contributed by atoms with van der Waals surface area (Å²) in [7, 11) is 0. The van der Waals surface area contributed by atoms with Crippen molar-refractivity contribution in [3.05, 3.63) is 104 Å². The number of hydrogen-bond acceptors (Lipinski definition) is 10. The van der Waals surface area contributed by atoms with Gasteiger partial charge in [-0.3, -0.25) is 14.7 Å². The molecule has 0 atom stereocenters. The Kier molecular flexibility index (Phi) is 18.3. The normalized spacial score (nSPS) is 11.1. The molecule has 0 aliphatic carbocycles. The van der Waals surface area contributed by atoms with Crippen molar-refractivity contribution in [2.45, 2.75) is 73.5 Å². The third-order valence-electron chi connectivity index (χ3n) is 8.48. The molecule has 0 amide bonds. The van der Waals surface area contributed by atoms with Crippen molar-refractivity contribution in [3.8, 4) is 11.5 Å². The summed E-state index contributed by atoms with van der Waals surface area (Å²) in [6.45, 7) is 20.1. The van der Waals surface area contributed by atoms with Gasteiger partial charge < -0.3 is 15.9 Å². The van der Waals surface area contributed by atoms with Crippen LogP contribution in [-0.2, 0) is 19.6 Å². The van der Waals surface area contributed by atoms with Crippen LogP contribution < -0.4 is 5.73 Å². The number of rotatable bonds is 21. The van der Waals surface area contributed by atoms with E-state index < -0.39 is 0 Å². The molecule has 3 rings (SSSR count). The maximum Gasteiger partial charge on any atom is 0.122 e. The minimum atomic E-state index is 0.0272. The van der Waals surface area contributed by atoms with E-state index >= 15 is 0 Å². The van der Waals surface area contributed by atoms with Crippen LogP contribution in [0.5, 0.6) is 11.5 Å². The van der Waals surface area contributed by atoms with E-state index in [2.05, 4.69) is 38.6 Å². The summed E-state index contributed by atoms with van der Waals surface area (Å²) in [5.74, 6) is 0.329. The monoisotopic (exact) mass is 660 g/mol. The van der Waals surface area contributed by atoms with E-state index in [1.807, 2.05) is 52.0 Å². The smallest absolute Gasteiger partial charge is 0.122 e. The largest absolute Gasteiger partial charge is 0.508 e. The van der Waals surface area contributed by atoms with Gasteiger partial charge >= 0.3 is 0 Å². The molecule has 48 heavy (non-hydrogen) atoms. The first-order chi connectivity index (χ1) is 23.2. The van der Waals surface area contributed by atoms with Crippen LogP contribution in [0.1, 0.15) is 67.9 Å². The number of aromatic hydroxyl groups is 2. The molecule has 3 aromatic carbocycles. The molecule has 0 unspecified atom stereocenters. The lowest BCUT2D eigenvalue weighted by molar-refractivity contribution is 0.163. The van der Waals surface area contributed by atoms with E-state index in [4.69, 9.17) is 5.73 Å². The van der Waals surface area contributed by atoms with Gasteiger partial charge in [0, 0.05) is 70.0 Å². The number of nitrogens with zero attached hydrogens (tertiary/aromatic N) is 5. The van der Waals surface area contributed by atoms with Gasteiger partial charge in [0.1, 0.15) is 22.9 Å². The van der Waals surface area contributed by atoms with E-state index in [0.717, 1.165) is 54.6 Å². The number of phenols is 2. The molecule has 4 N–H and O–H groups in total. The Balaban J connectivity index is 0.00000392. The van der Waals surface area contributed by atoms with Crippen LogP contribution in [0.4, 0.5) is 11.4 Å². The molecule has 0 fully saturated rings. The summed E-state index contributed by atoms with van der Waals surface area (Å²) >= 11 is 0. The Morgan fingerprint density at radius 2 is 1.10 bits per heavy atom. The molecule has 0 saturated carbocycles. The number of aryl methyl sites for hydroxylation is 2. The van der Waals surface area contributed by atoms with Crippen LogP contribution in [0.3, 0.4) is 0 Å². The quantitative estimate of drug-likeness (QED) is 0.0594. The van der Waals surface area contributed by atoms with Crippen molar-refractivity contribution >= 4 is 11.4 Å². The zero-order valence-corrected chi connectivity index (χ0v) is 29.6. The second-order valence-corrected chi connectivity index (χ2v) is 12.1. The van der Waals surface area contributed by atoms with Crippen molar-refractivity contribution in [2.24, 2.45) is 16.1 Å². The molecule has 262 valence electrons. The standard InChI is InChI=1S/C36H50N6O4.C2H6/c1-27(2)10-5-6-18-40(25-31-29(4)12-8-15-35(31)43)20-22-42(24-30-28(3)11-7-13-33(30)38-45)23-21-41(19-17-37)26-32-34(39-46)14-9-16-36(32)44;1-2/h7-9,11-16,43-44H,1,5-6,10,17-26,37H2,2-4H3;1-2H3. The van der Waals surface area contributed by atoms with E-state index in [1.54, 1.807) is 30.3 Å². The zero-order valence-electron chi connectivity index (χ0n) is 29.6. The molecular weight excluding hydrogens is 604 g/mol. The second-order valence-electron chi connectivity index (χ2n) is 12.1. The minimum absolute atomic E-state index is 0.0272. The maximum absolute atomic E-state index is 11.7. The first kappa shape index (κ1) is 40.2. The third-order valence-corrected chi connectivity index (χ3v) is 8.48. The highest BCUT2D eigenvalue weighted by Gasteiger charge is 2.19. The van der Waals surface area contributed by atoms with Crippen LogP contribution >= 0.6 is 0 Å². The SMILES string of the molecule is C=C(C)CCCCN(CCN(CCN(CCN)Cc1c(O)cccc1N=O)Cc1c(C)cccc1N=O)Cc1c(C)cccc1O.CC. The molecule has 0 saturated heterocycles. The molecule has 0 heterocycles. The predicted octanol–water partition coefficient (Wildman–Crippen LogP) is 8.05. The summed E-state index contributed by atoms with van der Waals surface area (Å²) in [5.41, 5.74) is 12.1. The van der Waals surface area contributed by atoms with E-state index in [1.165, 1.54) is 5.57 Å². The highest BCUT2D eigenvalue weighted by atomic mass is 16.3. The summed E-state index contributed by atoms with van der Waals surface area (Å²) < 4.78 is 0. The van der Waals surface area contributed by atoms with Crippen LogP contribution in [0.25, 0.3) is 0 Å². The van der Waals surface area contributed by atoms with Gasteiger partial charge in [-0.2, -0.15) is 0 Å². The first-order valence-electron chi connectivity index (χ1n) is 17.0. The molecule has 10 nitrogen and oxygen atoms in total. The van der Waals surface area contributed by atoms with Gasteiger partial charge in [0.25, 0.3) is 0 Å². The number of nitrogens with two attached hydrogens (primary N) is 1. The Morgan fingerprint density at radius 3 is 1.65 bits per heavy atom. The third kappa shape index (κ3) is 12.9. The van der Waals surface area contributed by atoms with Gasteiger partial charge in [0.15, 0.2) is 0 Å². The summed E-state index contributed by atoms with van der Waals surface area (Å²) in [5, 5.41) is 27.6. The molecule has 3 aromatic rings. The molecule has 0 spiro atoms. The van der Waals surface area contributed by atoms with Crippen LogP contribution in [-0.4, -0.2) is 70.7 Å². The second kappa shape index (κ2) is 21.8. The number of allylic oxidation sites excluding steroid dienone is 1. The molecule has 0 bridgehead atoms. The molecule has 0 aliphatic rings. The van der Waals surface area contributed by atoms with Gasteiger partial charge in [-0.05, 0) is 97.9 Å². The van der Waals surface area contributed by atoms with E-state index in [0.29, 0.717) is 69.4 Å². The van der Waals surface area contributed by atoms with Crippen molar-refractivity contribution in [3.63, 3.8) is 0 Å². The fourth-order valence-electron chi connectivity index (χ4n) is 5.67. The first-order valence-corrected chi connectivity index (χ1v) is 17.0.